The lowest BCUT2D eigenvalue weighted by Gasteiger charge is -2.23. The third kappa shape index (κ3) is 3.86. The van der Waals surface area contributed by atoms with E-state index in [1.807, 2.05) is 38.3 Å². The van der Waals surface area contributed by atoms with E-state index in [4.69, 9.17) is 18.0 Å². The predicted molar refractivity (Wildman–Crippen MR) is 90.5 cm³/mol. The third-order valence-electron chi connectivity index (χ3n) is 3.09. The fraction of sp³-hybridized carbons (Fsp3) is 0.429. The Bertz CT molecular complexity index is 505. The van der Waals surface area contributed by atoms with Crippen molar-refractivity contribution < 1.29 is 4.79 Å². The number of hydrogen-bond acceptors (Lipinski definition) is 4. The first kappa shape index (κ1) is 16.8. The van der Waals surface area contributed by atoms with E-state index in [9.17, 15) is 4.79 Å². The topological polar surface area (TPSA) is 58.4 Å². The van der Waals surface area contributed by atoms with E-state index < -0.39 is 0 Å². The minimum Gasteiger partial charge on any atom is -0.389 e. The fourth-order valence-corrected chi connectivity index (χ4v) is 2.78. The van der Waals surface area contributed by atoms with Crippen molar-refractivity contribution in [1.82, 2.24) is 4.90 Å². The van der Waals surface area contributed by atoms with Gasteiger partial charge in [0.15, 0.2) is 0 Å². The molecule has 0 aromatic heterocycles. The average Bonchev–Trinajstić information content (AvgIpc) is 2.44. The van der Waals surface area contributed by atoms with Gasteiger partial charge in [0, 0.05) is 29.7 Å². The van der Waals surface area contributed by atoms with E-state index in [1.165, 1.54) is 0 Å². The first-order chi connectivity index (χ1) is 9.42. The van der Waals surface area contributed by atoms with Crippen LogP contribution in [0.5, 0.6) is 0 Å². The van der Waals surface area contributed by atoms with Gasteiger partial charge in [-0.15, -0.1) is 11.8 Å². The summed E-state index contributed by atoms with van der Waals surface area (Å²) >= 11 is 6.71. The molecule has 4 nitrogen and oxygen atoms in total. The van der Waals surface area contributed by atoms with Crippen LogP contribution in [0, 0.1) is 0 Å². The summed E-state index contributed by atoms with van der Waals surface area (Å²) in [5, 5.41) is 3.21. The predicted octanol–water partition coefficient (Wildman–Crippen LogP) is 2.32. The number of nitrogens with zero attached hydrogens (tertiary/aromatic N) is 1. The van der Waals surface area contributed by atoms with Crippen LogP contribution in [0.25, 0.3) is 0 Å². The van der Waals surface area contributed by atoms with Gasteiger partial charge < -0.3 is 16.0 Å². The first-order valence-corrected chi connectivity index (χ1v) is 8.04. The maximum atomic E-state index is 12.1. The van der Waals surface area contributed by atoms with Gasteiger partial charge >= 0.3 is 0 Å². The van der Waals surface area contributed by atoms with E-state index in [2.05, 4.69) is 5.32 Å². The smallest absolute Gasteiger partial charge is 0.244 e. The van der Waals surface area contributed by atoms with Crippen LogP contribution < -0.4 is 11.1 Å². The zero-order chi connectivity index (χ0) is 15.3. The van der Waals surface area contributed by atoms with Gasteiger partial charge in [0.25, 0.3) is 0 Å². The number of nitrogens with one attached hydrogen (secondary N) is 1. The fourth-order valence-electron chi connectivity index (χ4n) is 1.86. The molecule has 1 rings (SSSR count). The standard InChI is InChI=1S/C14H21N3OS2/c1-5-17(3)14(18)9(2)16-10-7-6-8-11(20-4)12(10)13(15)19/h6-9,16H,5H2,1-4H3,(H2,15,19). The lowest BCUT2D eigenvalue weighted by atomic mass is 10.1. The van der Waals surface area contributed by atoms with Crippen LogP contribution in [-0.2, 0) is 4.79 Å². The van der Waals surface area contributed by atoms with Crippen LogP contribution in [-0.4, -0.2) is 41.7 Å². The molecule has 3 N–H and O–H groups in total. The number of carbonyl (C=O) groups excluding carboxylic acids is 1. The van der Waals surface area contributed by atoms with Crippen molar-refractivity contribution in [2.75, 3.05) is 25.2 Å². The molecule has 1 amide bonds. The van der Waals surface area contributed by atoms with E-state index >= 15 is 0 Å². The summed E-state index contributed by atoms with van der Waals surface area (Å²) in [5.41, 5.74) is 7.41. The molecule has 0 fully saturated rings. The number of amides is 1. The monoisotopic (exact) mass is 311 g/mol. The quantitative estimate of drug-likeness (QED) is 0.624. The first-order valence-electron chi connectivity index (χ1n) is 6.40. The molecule has 1 unspecified atom stereocenters. The maximum absolute atomic E-state index is 12.1. The van der Waals surface area contributed by atoms with Crippen molar-refractivity contribution in [3.05, 3.63) is 23.8 Å². The van der Waals surface area contributed by atoms with Gasteiger partial charge in [0.1, 0.15) is 11.0 Å². The molecule has 1 atom stereocenters. The summed E-state index contributed by atoms with van der Waals surface area (Å²) in [6.45, 7) is 4.46. The molecular weight excluding hydrogens is 290 g/mol. The molecule has 1 aromatic carbocycles. The second kappa shape index (κ2) is 7.50. The number of nitrogens with two attached hydrogens (primary N) is 1. The van der Waals surface area contributed by atoms with Crippen molar-refractivity contribution in [1.29, 1.82) is 0 Å². The molecule has 0 heterocycles. The van der Waals surface area contributed by atoms with Crippen LogP contribution in [0.15, 0.2) is 23.1 Å². The summed E-state index contributed by atoms with van der Waals surface area (Å²) in [5.74, 6) is 0.0379. The number of hydrogen-bond donors (Lipinski definition) is 2. The Morgan fingerprint density at radius 2 is 2.20 bits per heavy atom. The lowest BCUT2D eigenvalue weighted by molar-refractivity contribution is -0.130. The second-order valence-corrected chi connectivity index (χ2v) is 5.75. The molecule has 0 radical (unpaired) electrons. The van der Waals surface area contributed by atoms with Crippen molar-refractivity contribution in [2.45, 2.75) is 24.8 Å². The average molecular weight is 311 g/mol. The van der Waals surface area contributed by atoms with Crippen molar-refractivity contribution in [3.8, 4) is 0 Å². The van der Waals surface area contributed by atoms with E-state index in [0.717, 1.165) is 16.1 Å². The Balaban J connectivity index is 3.03. The van der Waals surface area contributed by atoms with Crippen molar-refractivity contribution in [2.24, 2.45) is 5.73 Å². The summed E-state index contributed by atoms with van der Waals surface area (Å²) < 4.78 is 0. The molecule has 110 valence electrons. The van der Waals surface area contributed by atoms with Gasteiger partial charge in [-0.3, -0.25) is 4.79 Å². The molecular formula is C14H21N3OS2. The van der Waals surface area contributed by atoms with Gasteiger partial charge in [-0.1, -0.05) is 18.3 Å². The highest BCUT2D eigenvalue weighted by Gasteiger charge is 2.18. The Morgan fingerprint density at radius 3 is 2.70 bits per heavy atom. The molecule has 0 saturated carbocycles. The number of anilines is 1. The van der Waals surface area contributed by atoms with Gasteiger partial charge in [-0.2, -0.15) is 0 Å². The van der Waals surface area contributed by atoms with Crippen LogP contribution in [0.1, 0.15) is 19.4 Å². The molecule has 0 aliphatic heterocycles. The molecule has 0 aliphatic carbocycles. The van der Waals surface area contributed by atoms with Crippen LogP contribution >= 0.6 is 24.0 Å². The Morgan fingerprint density at radius 1 is 1.55 bits per heavy atom. The van der Waals surface area contributed by atoms with Crippen LogP contribution in [0.2, 0.25) is 0 Å². The highest BCUT2D eigenvalue weighted by Crippen LogP contribution is 2.27. The highest BCUT2D eigenvalue weighted by molar-refractivity contribution is 7.98. The van der Waals surface area contributed by atoms with Crippen molar-refractivity contribution in [3.63, 3.8) is 0 Å². The largest absolute Gasteiger partial charge is 0.389 e. The SMILES string of the molecule is CCN(C)C(=O)C(C)Nc1cccc(SC)c1C(N)=S. The molecule has 0 aliphatic rings. The summed E-state index contributed by atoms with van der Waals surface area (Å²) in [4.78, 5) is 15.1. The normalized spacial score (nSPS) is 11.8. The minimum absolute atomic E-state index is 0.0379. The minimum atomic E-state index is -0.329. The van der Waals surface area contributed by atoms with Gasteiger partial charge in [0.2, 0.25) is 5.91 Å². The zero-order valence-corrected chi connectivity index (χ0v) is 13.9. The Hall–Kier alpha value is -1.27. The van der Waals surface area contributed by atoms with E-state index in [0.29, 0.717) is 11.5 Å². The summed E-state index contributed by atoms with van der Waals surface area (Å²) in [6, 6.07) is 5.46. The number of thioether (sulfide) groups is 1. The van der Waals surface area contributed by atoms with Gasteiger partial charge in [-0.25, -0.2) is 0 Å². The molecule has 0 saturated heterocycles. The summed E-state index contributed by atoms with van der Waals surface area (Å²) in [7, 11) is 1.79. The number of benzene rings is 1. The van der Waals surface area contributed by atoms with Gasteiger partial charge in [0.05, 0.1) is 0 Å². The number of rotatable bonds is 6. The zero-order valence-electron chi connectivity index (χ0n) is 12.3. The molecule has 20 heavy (non-hydrogen) atoms. The summed E-state index contributed by atoms with van der Waals surface area (Å²) in [6.07, 6.45) is 1.97. The van der Waals surface area contributed by atoms with Crippen LogP contribution in [0.4, 0.5) is 5.69 Å². The van der Waals surface area contributed by atoms with Crippen molar-refractivity contribution >= 4 is 40.6 Å². The number of carbonyl (C=O) groups is 1. The van der Waals surface area contributed by atoms with Crippen LogP contribution in [0.3, 0.4) is 0 Å². The lowest BCUT2D eigenvalue weighted by Crippen LogP contribution is -2.39. The Labute approximate surface area is 130 Å². The molecule has 6 heteroatoms. The van der Waals surface area contributed by atoms with Gasteiger partial charge in [-0.05, 0) is 32.2 Å². The number of thiocarbonyl (C=S) groups is 1. The molecule has 0 spiro atoms. The Kier molecular flexibility index (Phi) is 6.29. The second-order valence-electron chi connectivity index (χ2n) is 4.47. The maximum Gasteiger partial charge on any atom is 0.244 e. The highest BCUT2D eigenvalue weighted by atomic mass is 32.2. The third-order valence-corrected chi connectivity index (χ3v) is 4.07. The molecule has 0 bridgehead atoms. The van der Waals surface area contributed by atoms with E-state index in [-0.39, 0.29) is 11.9 Å². The molecule has 1 aromatic rings. The van der Waals surface area contributed by atoms with E-state index in [1.54, 1.807) is 23.7 Å². The number of likely N-dealkylation sites (N-methyl/N-ethyl adjacent to an activating group) is 1.